The summed E-state index contributed by atoms with van der Waals surface area (Å²) >= 11 is 0. The van der Waals surface area contributed by atoms with Crippen LogP contribution in [0.4, 0.5) is 5.95 Å². The minimum atomic E-state index is -0.0461. The first-order valence-electron chi connectivity index (χ1n) is 4.34. The van der Waals surface area contributed by atoms with Crippen molar-refractivity contribution in [3.05, 3.63) is 12.7 Å². The lowest BCUT2D eigenvalue weighted by molar-refractivity contribution is -0.117. The van der Waals surface area contributed by atoms with Crippen molar-refractivity contribution in [2.75, 3.05) is 18.1 Å². The molecular formula is C8H10N4O2. The lowest BCUT2D eigenvalue weighted by atomic mass is 10.1. The van der Waals surface area contributed by atoms with Gasteiger partial charge in [-0.3, -0.25) is 9.69 Å². The standard InChI is InChI=1S/C8H10N4O2/c13-3-6-1-7(14)12(2-6)8-10-4-9-5-11-8/h4-6,13H,1-3H2. The normalized spacial score (nSPS) is 21.6. The summed E-state index contributed by atoms with van der Waals surface area (Å²) in [4.78, 5) is 24.4. The predicted molar refractivity (Wildman–Crippen MR) is 47.4 cm³/mol. The molecule has 1 aromatic rings. The zero-order chi connectivity index (χ0) is 9.97. The van der Waals surface area contributed by atoms with Gasteiger partial charge in [-0.25, -0.2) is 15.0 Å². The van der Waals surface area contributed by atoms with E-state index in [-0.39, 0.29) is 18.4 Å². The SMILES string of the molecule is O=C1CC(CO)CN1c1ncncn1. The molecule has 1 atom stereocenters. The first-order valence-corrected chi connectivity index (χ1v) is 4.34. The van der Waals surface area contributed by atoms with Crippen molar-refractivity contribution in [2.45, 2.75) is 6.42 Å². The number of aliphatic hydroxyl groups is 1. The highest BCUT2D eigenvalue weighted by Crippen LogP contribution is 2.20. The third-order valence-corrected chi connectivity index (χ3v) is 2.18. The monoisotopic (exact) mass is 194 g/mol. The number of aromatic nitrogens is 3. The lowest BCUT2D eigenvalue weighted by Gasteiger charge is -2.12. The molecule has 74 valence electrons. The Hall–Kier alpha value is -1.56. The largest absolute Gasteiger partial charge is 0.396 e. The minimum absolute atomic E-state index is 0.000680. The molecule has 14 heavy (non-hydrogen) atoms. The van der Waals surface area contributed by atoms with Gasteiger partial charge in [-0.05, 0) is 0 Å². The third-order valence-electron chi connectivity index (χ3n) is 2.18. The zero-order valence-electron chi connectivity index (χ0n) is 7.50. The summed E-state index contributed by atoms with van der Waals surface area (Å²) in [5.41, 5.74) is 0. The summed E-state index contributed by atoms with van der Waals surface area (Å²) in [7, 11) is 0. The van der Waals surface area contributed by atoms with Crippen LogP contribution >= 0.6 is 0 Å². The van der Waals surface area contributed by atoms with Gasteiger partial charge < -0.3 is 5.11 Å². The van der Waals surface area contributed by atoms with Crippen molar-refractivity contribution >= 4 is 11.9 Å². The van der Waals surface area contributed by atoms with E-state index in [1.54, 1.807) is 0 Å². The van der Waals surface area contributed by atoms with Gasteiger partial charge in [0.15, 0.2) is 0 Å². The van der Waals surface area contributed by atoms with Crippen molar-refractivity contribution in [3.8, 4) is 0 Å². The minimum Gasteiger partial charge on any atom is -0.396 e. The average molecular weight is 194 g/mol. The van der Waals surface area contributed by atoms with Crippen LogP contribution < -0.4 is 4.90 Å². The summed E-state index contributed by atoms with van der Waals surface area (Å²) in [6, 6.07) is 0. The van der Waals surface area contributed by atoms with Gasteiger partial charge in [0.2, 0.25) is 11.9 Å². The molecule has 1 unspecified atom stereocenters. The van der Waals surface area contributed by atoms with Crippen LogP contribution in [-0.4, -0.2) is 39.1 Å². The van der Waals surface area contributed by atoms with Crippen molar-refractivity contribution < 1.29 is 9.90 Å². The summed E-state index contributed by atoms with van der Waals surface area (Å²) in [6.45, 7) is 0.507. The highest BCUT2D eigenvalue weighted by Gasteiger charge is 2.31. The maximum Gasteiger partial charge on any atom is 0.235 e. The van der Waals surface area contributed by atoms with E-state index in [2.05, 4.69) is 15.0 Å². The smallest absolute Gasteiger partial charge is 0.235 e. The summed E-state index contributed by atoms with van der Waals surface area (Å²) in [5.74, 6) is 0.315. The highest BCUT2D eigenvalue weighted by atomic mass is 16.3. The molecule has 1 aromatic heterocycles. The summed E-state index contributed by atoms with van der Waals surface area (Å²) in [5, 5.41) is 8.92. The van der Waals surface area contributed by atoms with Crippen LogP contribution in [0.3, 0.4) is 0 Å². The third kappa shape index (κ3) is 1.56. The van der Waals surface area contributed by atoms with E-state index in [0.29, 0.717) is 18.9 Å². The second-order valence-corrected chi connectivity index (χ2v) is 3.20. The van der Waals surface area contributed by atoms with Crippen molar-refractivity contribution in [1.29, 1.82) is 0 Å². The molecule has 1 fully saturated rings. The van der Waals surface area contributed by atoms with Gasteiger partial charge in [-0.2, -0.15) is 0 Å². The molecule has 0 spiro atoms. The Morgan fingerprint density at radius 2 is 2.21 bits per heavy atom. The van der Waals surface area contributed by atoms with Gasteiger partial charge in [0.1, 0.15) is 12.7 Å². The molecule has 0 radical (unpaired) electrons. The molecule has 0 saturated carbocycles. The Bertz CT molecular complexity index is 329. The molecule has 2 heterocycles. The molecule has 1 N–H and O–H groups in total. The van der Waals surface area contributed by atoms with Crippen LogP contribution in [0.5, 0.6) is 0 Å². The molecule has 1 saturated heterocycles. The molecular weight excluding hydrogens is 184 g/mol. The Balaban J connectivity index is 2.17. The number of amides is 1. The van der Waals surface area contributed by atoms with Crippen LogP contribution in [-0.2, 0) is 4.79 Å². The molecule has 2 rings (SSSR count). The second-order valence-electron chi connectivity index (χ2n) is 3.20. The average Bonchev–Trinajstić information content (AvgIpc) is 2.61. The van der Waals surface area contributed by atoms with E-state index in [1.165, 1.54) is 17.6 Å². The second kappa shape index (κ2) is 3.67. The number of nitrogens with zero attached hydrogens (tertiary/aromatic N) is 4. The maximum atomic E-state index is 11.5. The summed E-state index contributed by atoms with van der Waals surface area (Å²) < 4.78 is 0. The number of carbonyl (C=O) groups is 1. The van der Waals surface area contributed by atoms with Gasteiger partial charge in [0.25, 0.3) is 0 Å². The van der Waals surface area contributed by atoms with E-state index < -0.39 is 0 Å². The number of rotatable bonds is 2. The van der Waals surface area contributed by atoms with Crippen LogP contribution in [0.2, 0.25) is 0 Å². The first kappa shape index (κ1) is 9.01. The van der Waals surface area contributed by atoms with Crippen LogP contribution in [0, 0.1) is 5.92 Å². The Morgan fingerprint density at radius 3 is 2.79 bits per heavy atom. The zero-order valence-corrected chi connectivity index (χ0v) is 7.50. The van der Waals surface area contributed by atoms with E-state index in [1.807, 2.05) is 0 Å². The number of hydrogen-bond acceptors (Lipinski definition) is 5. The molecule has 1 aliphatic rings. The maximum absolute atomic E-state index is 11.5. The number of anilines is 1. The van der Waals surface area contributed by atoms with Crippen LogP contribution in [0.15, 0.2) is 12.7 Å². The quantitative estimate of drug-likeness (QED) is 0.667. The van der Waals surface area contributed by atoms with E-state index in [9.17, 15) is 4.79 Å². The lowest BCUT2D eigenvalue weighted by Crippen LogP contribution is -2.26. The molecule has 1 amide bonds. The van der Waals surface area contributed by atoms with Crippen molar-refractivity contribution in [2.24, 2.45) is 5.92 Å². The Labute approximate surface area is 80.6 Å². The number of aliphatic hydroxyl groups excluding tert-OH is 1. The Morgan fingerprint density at radius 1 is 1.50 bits per heavy atom. The van der Waals surface area contributed by atoms with Crippen molar-refractivity contribution in [3.63, 3.8) is 0 Å². The van der Waals surface area contributed by atoms with Crippen molar-refractivity contribution in [1.82, 2.24) is 15.0 Å². The molecule has 1 aliphatic heterocycles. The fourth-order valence-corrected chi connectivity index (χ4v) is 1.47. The molecule has 6 heteroatoms. The van der Waals surface area contributed by atoms with Gasteiger partial charge in [-0.15, -0.1) is 0 Å². The topological polar surface area (TPSA) is 79.2 Å². The van der Waals surface area contributed by atoms with Gasteiger partial charge in [-0.1, -0.05) is 0 Å². The van der Waals surface area contributed by atoms with E-state index in [0.717, 1.165) is 0 Å². The summed E-state index contributed by atoms with van der Waals surface area (Å²) in [6.07, 6.45) is 3.06. The van der Waals surface area contributed by atoms with Gasteiger partial charge in [0, 0.05) is 25.5 Å². The number of carbonyl (C=O) groups excluding carboxylic acids is 1. The Kier molecular flexibility index (Phi) is 2.36. The fraction of sp³-hybridized carbons (Fsp3) is 0.500. The van der Waals surface area contributed by atoms with Gasteiger partial charge >= 0.3 is 0 Å². The van der Waals surface area contributed by atoms with Crippen LogP contribution in [0.1, 0.15) is 6.42 Å². The number of hydrogen-bond donors (Lipinski definition) is 1. The molecule has 0 aliphatic carbocycles. The van der Waals surface area contributed by atoms with E-state index >= 15 is 0 Å². The van der Waals surface area contributed by atoms with Crippen LogP contribution in [0.25, 0.3) is 0 Å². The van der Waals surface area contributed by atoms with E-state index in [4.69, 9.17) is 5.11 Å². The fourth-order valence-electron chi connectivity index (χ4n) is 1.47. The molecule has 0 aromatic carbocycles. The molecule has 6 nitrogen and oxygen atoms in total. The first-order chi connectivity index (χ1) is 6.81. The highest BCUT2D eigenvalue weighted by molar-refractivity contribution is 5.93. The van der Waals surface area contributed by atoms with Gasteiger partial charge in [0.05, 0.1) is 0 Å². The predicted octanol–water partition coefficient (Wildman–Crippen LogP) is -0.783. The molecule has 0 bridgehead atoms.